The summed E-state index contributed by atoms with van der Waals surface area (Å²) in [5.41, 5.74) is 1.37. The van der Waals surface area contributed by atoms with Crippen LogP contribution in [0.15, 0.2) is 66.9 Å². The summed E-state index contributed by atoms with van der Waals surface area (Å²) in [4.78, 5) is 43.8. The van der Waals surface area contributed by atoms with Crippen LogP contribution in [0.4, 0.5) is 5.69 Å². The first kappa shape index (κ1) is 23.3. The highest BCUT2D eigenvalue weighted by molar-refractivity contribution is 6.30. The fourth-order valence-corrected chi connectivity index (χ4v) is 3.68. The minimum absolute atomic E-state index is 0.198. The number of anilines is 1. The van der Waals surface area contributed by atoms with Gasteiger partial charge in [-0.05, 0) is 55.5 Å². The van der Waals surface area contributed by atoms with Crippen molar-refractivity contribution in [1.29, 1.82) is 0 Å². The van der Waals surface area contributed by atoms with Gasteiger partial charge in [-0.3, -0.25) is 24.3 Å². The molecule has 1 N–H and O–H groups in total. The molecule has 8 nitrogen and oxygen atoms in total. The lowest BCUT2D eigenvalue weighted by Gasteiger charge is -2.33. The van der Waals surface area contributed by atoms with Gasteiger partial charge in [0.25, 0.3) is 5.91 Å². The van der Waals surface area contributed by atoms with Crippen LogP contribution in [-0.4, -0.2) is 41.8 Å². The Balaban J connectivity index is 1.49. The van der Waals surface area contributed by atoms with Crippen LogP contribution in [0.2, 0.25) is 5.02 Å². The summed E-state index contributed by atoms with van der Waals surface area (Å²) in [7, 11) is 0. The standard InChI is InChI=1S/C25H22ClN3O5/c1-16(25(32)28-13-19-6-2-3-10-27-19)29-21-11-17(8-9-23(21)34-15-24(29)31)22(30)14-33-20-7-4-5-18(26)12-20/h2-12,16H,13-15H2,1H3,(H,28,32)/t16-/m1/s1. The Morgan fingerprint density at radius 1 is 1.18 bits per heavy atom. The summed E-state index contributed by atoms with van der Waals surface area (Å²) in [6, 6.07) is 16.1. The van der Waals surface area contributed by atoms with Gasteiger partial charge >= 0.3 is 0 Å². The number of fused-ring (bicyclic) bond motifs is 1. The quantitative estimate of drug-likeness (QED) is 0.497. The van der Waals surface area contributed by atoms with E-state index in [4.69, 9.17) is 21.1 Å². The molecule has 2 heterocycles. The molecule has 4 rings (SSSR count). The van der Waals surface area contributed by atoms with E-state index >= 15 is 0 Å². The predicted molar refractivity (Wildman–Crippen MR) is 126 cm³/mol. The number of ketones is 1. The molecule has 1 aliphatic heterocycles. The van der Waals surface area contributed by atoms with Gasteiger partial charge in [-0.1, -0.05) is 23.7 Å². The Kier molecular flexibility index (Phi) is 7.08. The van der Waals surface area contributed by atoms with E-state index in [1.165, 1.54) is 4.90 Å². The Labute approximate surface area is 201 Å². The van der Waals surface area contributed by atoms with Gasteiger partial charge < -0.3 is 14.8 Å². The summed E-state index contributed by atoms with van der Waals surface area (Å²) in [5.74, 6) is -0.151. The first-order chi connectivity index (χ1) is 16.4. The number of rotatable bonds is 8. The van der Waals surface area contributed by atoms with Crippen molar-refractivity contribution in [3.05, 3.63) is 83.1 Å². The highest BCUT2D eigenvalue weighted by Crippen LogP contribution is 2.34. The fraction of sp³-hybridized carbons (Fsp3) is 0.200. The average Bonchev–Trinajstić information content (AvgIpc) is 2.85. The van der Waals surface area contributed by atoms with Crippen molar-refractivity contribution in [1.82, 2.24) is 10.3 Å². The number of carbonyl (C=O) groups excluding carboxylic acids is 3. The largest absolute Gasteiger partial charge is 0.485 e. The van der Waals surface area contributed by atoms with Gasteiger partial charge in [0.1, 0.15) is 17.5 Å². The molecule has 0 aliphatic carbocycles. The van der Waals surface area contributed by atoms with Crippen molar-refractivity contribution >= 4 is 34.9 Å². The number of amides is 2. The van der Waals surface area contributed by atoms with Crippen molar-refractivity contribution in [3.8, 4) is 11.5 Å². The maximum Gasteiger partial charge on any atom is 0.265 e. The van der Waals surface area contributed by atoms with Crippen LogP contribution >= 0.6 is 11.6 Å². The molecule has 0 fully saturated rings. The lowest BCUT2D eigenvalue weighted by atomic mass is 10.1. The Hall–Kier alpha value is -3.91. The van der Waals surface area contributed by atoms with Gasteiger partial charge in [0, 0.05) is 16.8 Å². The zero-order chi connectivity index (χ0) is 24.1. The zero-order valence-corrected chi connectivity index (χ0v) is 19.1. The average molecular weight is 480 g/mol. The molecule has 174 valence electrons. The van der Waals surface area contributed by atoms with Gasteiger partial charge in [0.2, 0.25) is 5.91 Å². The number of Topliss-reactive ketones (excluding diaryl/α,β-unsaturated/α-hetero) is 1. The van der Waals surface area contributed by atoms with Gasteiger partial charge in [-0.25, -0.2) is 0 Å². The summed E-state index contributed by atoms with van der Waals surface area (Å²) < 4.78 is 11.1. The molecule has 1 aromatic heterocycles. The highest BCUT2D eigenvalue weighted by Gasteiger charge is 2.33. The van der Waals surface area contributed by atoms with E-state index < -0.39 is 6.04 Å². The molecule has 0 bridgehead atoms. The summed E-state index contributed by atoms with van der Waals surface area (Å²) in [5, 5.41) is 3.29. The van der Waals surface area contributed by atoms with Gasteiger partial charge in [-0.2, -0.15) is 0 Å². The van der Waals surface area contributed by atoms with Crippen LogP contribution < -0.4 is 19.7 Å². The van der Waals surface area contributed by atoms with Crippen LogP contribution in [0.1, 0.15) is 23.0 Å². The maximum absolute atomic E-state index is 12.8. The third kappa shape index (κ3) is 5.35. The number of hydrogen-bond donors (Lipinski definition) is 1. The predicted octanol–water partition coefficient (Wildman–Crippen LogP) is 3.43. The SMILES string of the molecule is C[C@H](C(=O)NCc1ccccn1)N1C(=O)COc2ccc(C(=O)COc3cccc(Cl)c3)cc21. The number of halogens is 1. The summed E-state index contributed by atoms with van der Waals surface area (Å²) in [6.07, 6.45) is 1.64. The van der Waals surface area contributed by atoms with Crippen molar-refractivity contribution < 1.29 is 23.9 Å². The van der Waals surface area contributed by atoms with E-state index in [1.807, 2.05) is 6.07 Å². The number of hydrogen-bond acceptors (Lipinski definition) is 6. The Bertz CT molecular complexity index is 1220. The molecule has 0 spiro atoms. The van der Waals surface area contributed by atoms with Crippen molar-refractivity contribution in [3.63, 3.8) is 0 Å². The number of ether oxygens (including phenoxy) is 2. The van der Waals surface area contributed by atoms with E-state index in [0.29, 0.717) is 33.5 Å². The van der Waals surface area contributed by atoms with Gasteiger partial charge in [0.05, 0.1) is 17.9 Å². The molecule has 0 saturated carbocycles. The third-order valence-electron chi connectivity index (χ3n) is 5.26. The minimum Gasteiger partial charge on any atom is -0.485 e. The van der Waals surface area contributed by atoms with E-state index in [-0.39, 0.29) is 37.4 Å². The number of pyridine rings is 1. The van der Waals surface area contributed by atoms with Crippen LogP contribution in [-0.2, 0) is 16.1 Å². The highest BCUT2D eigenvalue weighted by atomic mass is 35.5. The second-order valence-corrected chi connectivity index (χ2v) is 8.06. The molecule has 2 amide bonds. The van der Waals surface area contributed by atoms with Crippen molar-refractivity contribution in [2.24, 2.45) is 0 Å². The number of aromatic nitrogens is 1. The van der Waals surface area contributed by atoms with Crippen LogP contribution in [0.5, 0.6) is 11.5 Å². The number of nitrogens with zero attached hydrogens (tertiary/aromatic N) is 2. The normalized spacial score (nSPS) is 13.5. The molecule has 0 radical (unpaired) electrons. The number of nitrogens with one attached hydrogen (secondary N) is 1. The summed E-state index contributed by atoms with van der Waals surface area (Å²) in [6.45, 7) is 1.44. The lowest BCUT2D eigenvalue weighted by Crippen LogP contribution is -2.51. The van der Waals surface area contributed by atoms with E-state index in [2.05, 4.69) is 10.3 Å². The molecular formula is C25H22ClN3O5. The first-order valence-electron chi connectivity index (χ1n) is 10.6. The van der Waals surface area contributed by atoms with E-state index in [0.717, 1.165) is 0 Å². The molecular weight excluding hydrogens is 458 g/mol. The molecule has 1 atom stereocenters. The zero-order valence-electron chi connectivity index (χ0n) is 18.4. The van der Waals surface area contributed by atoms with Gasteiger partial charge in [0.15, 0.2) is 19.0 Å². The van der Waals surface area contributed by atoms with Crippen molar-refractivity contribution in [2.45, 2.75) is 19.5 Å². The second kappa shape index (κ2) is 10.4. The van der Waals surface area contributed by atoms with Crippen LogP contribution in [0.25, 0.3) is 0 Å². The molecule has 0 saturated heterocycles. The Morgan fingerprint density at radius 2 is 2.03 bits per heavy atom. The smallest absolute Gasteiger partial charge is 0.265 e. The van der Waals surface area contributed by atoms with Crippen LogP contribution in [0.3, 0.4) is 0 Å². The maximum atomic E-state index is 12.8. The van der Waals surface area contributed by atoms with Gasteiger partial charge in [-0.15, -0.1) is 0 Å². The van der Waals surface area contributed by atoms with Crippen molar-refractivity contribution in [2.75, 3.05) is 18.1 Å². The topological polar surface area (TPSA) is 97.8 Å². The fourth-order valence-electron chi connectivity index (χ4n) is 3.50. The third-order valence-corrected chi connectivity index (χ3v) is 5.50. The lowest BCUT2D eigenvalue weighted by molar-refractivity contribution is -0.127. The number of benzene rings is 2. The first-order valence-corrected chi connectivity index (χ1v) is 11.0. The minimum atomic E-state index is -0.827. The molecule has 2 aromatic carbocycles. The molecule has 0 unspecified atom stereocenters. The summed E-state index contributed by atoms with van der Waals surface area (Å²) >= 11 is 5.95. The van der Waals surface area contributed by atoms with Crippen LogP contribution in [0, 0.1) is 0 Å². The molecule has 34 heavy (non-hydrogen) atoms. The Morgan fingerprint density at radius 3 is 2.79 bits per heavy atom. The second-order valence-electron chi connectivity index (χ2n) is 7.62. The van der Waals surface area contributed by atoms with E-state index in [1.54, 1.807) is 67.7 Å². The monoisotopic (exact) mass is 479 g/mol. The molecule has 1 aliphatic rings. The molecule has 9 heteroatoms. The number of carbonyl (C=O) groups is 3. The molecule has 3 aromatic rings. The van der Waals surface area contributed by atoms with E-state index in [9.17, 15) is 14.4 Å².